The topological polar surface area (TPSA) is 44.1 Å². The molecule has 0 amide bonds. The summed E-state index contributed by atoms with van der Waals surface area (Å²) in [6, 6.07) is 39.9. The molecule has 2 heterocycles. The van der Waals surface area contributed by atoms with Gasteiger partial charge in [0.15, 0.2) is 0 Å². The number of rotatable bonds is 7. The lowest BCUT2D eigenvalue weighted by Crippen LogP contribution is -2.33. The number of nitrogens with two attached hydrogens (primary N) is 1. The molecule has 5 aromatic carbocycles. The van der Waals surface area contributed by atoms with Gasteiger partial charge < -0.3 is 14.7 Å². The molecule has 2 N–H and O–H groups in total. The SMILES string of the molecule is C=C/C=C(\C=C)c1cccc(-c2ccc3c4c(n(C(C=C)c5ccccc5)c3c2)=CCCC=4)c1.CC.Nc1ccc2oc3ccccc3c2c1. The Morgan fingerprint density at radius 1 is 0.720 bits per heavy atom. The fraction of sp³-hybridized carbons (Fsp3) is 0.106. The molecule has 0 bridgehead atoms. The average Bonchev–Trinajstić information content (AvgIpc) is 3.71. The quantitative estimate of drug-likeness (QED) is 0.106. The van der Waals surface area contributed by atoms with Crippen LogP contribution < -0.4 is 16.3 Å². The summed E-state index contributed by atoms with van der Waals surface area (Å²) in [5, 5.41) is 6.14. The Morgan fingerprint density at radius 3 is 2.24 bits per heavy atom. The molecule has 1 aliphatic rings. The number of furan rings is 1. The first-order valence-electron chi connectivity index (χ1n) is 17.3. The summed E-state index contributed by atoms with van der Waals surface area (Å²) in [4.78, 5) is 0. The van der Waals surface area contributed by atoms with Gasteiger partial charge in [-0.1, -0.05) is 142 Å². The van der Waals surface area contributed by atoms with Gasteiger partial charge in [-0.2, -0.15) is 0 Å². The molecular formula is C47H44N2O. The van der Waals surface area contributed by atoms with Crippen LogP contribution in [0.3, 0.4) is 0 Å². The first-order chi connectivity index (χ1) is 24.6. The third kappa shape index (κ3) is 6.63. The van der Waals surface area contributed by atoms with Crippen molar-refractivity contribution in [2.45, 2.75) is 32.7 Å². The van der Waals surface area contributed by atoms with E-state index in [2.05, 4.69) is 115 Å². The molecule has 0 spiro atoms. The maximum absolute atomic E-state index is 5.73. The van der Waals surface area contributed by atoms with Crippen LogP contribution in [-0.4, -0.2) is 4.57 Å². The van der Waals surface area contributed by atoms with Crippen LogP contribution in [-0.2, 0) is 0 Å². The maximum Gasteiger partial charge on any atom is 0.135 e. The Hall–Kier alpha value is -6.06. The smallest absolute Gasteiger partial charge is 0.135 e. The lowest BCUT2D eigenvalue weighted by atomic mass is 9.98. The van der Waals surface area contributed by atoms with Gasteiger partial charge in [0, 0.05) is 32.4 Å². The summed E-state index contributed by atoms with van der Waals surface area (Å²) in [7, 11) is 0. The average molecular weight is 653 g/mol. The highest BCUT2D eigenvalue weighted by Gasteiger charge is 2.18. The predicted molar refractivity (Wildman–Crippen MR) is 217 cm³/mol. The van der Waals surface area contributed by atoms with Crippen molar-refractivity contribution in [3.05, 3.63) is 181 Å². The number of para-hydroxylation sites is 1. The van der Waals surface area contributed by atoms with Gasteiger partial charge in [0.2, 0.25) is 0 Å². The molecular weight excluding hydrogens is 609 g/mol. The summed E-state index contributed by atoms with van der Waals surface area (Å²) < 4.78 is 8.11. The normalized spacial score (nSPS) is 12.7. The third-order valence-corrected chi connectivity index (χ3v) is 9.03. The van der Waals surface area contributed by atoms with Crippen LogP contribution >= 0.6 is 0 Å². The van der Waals surface area contributed by atoms with Gasteiger partial charge in [0.05, 0.1) is 11.6 Å². The minimum absolute atomic E-state index is 0.0691. The Kier molecular flexibility index (Phi) is 10.4. The van der Waals surface area contributed by atoms with Gasteiger partial charge in [0.25, 0.3) is 0 Å². The number of nitrogens with zero attached hydrogens (tertiary/aromatic N) is 1. The minimum Gasteiger partial charge on any atom is -0.456 e. The van der Waals surface area contributed by atoms with E-state index < -0.39 is 0 Å². The van der Waals surface area contributed by atoms with E-state index in [1.54, 1.807) is 6.08 Å². The molecule has 1 atom stereocenters. The zero-order valence-corrected chi connectivity index (χ0v) is 29.0. The van der Waals surface area contributed by atoms with Gasteiger partial charge >= 0.3 is 0 Å². The highest BCUT2D eigenvalue weighted by molar-refractivity contribution is 6.05. The highest BCUT2D eigenvalue weighted by Crippen LogP contribution is 2.31. The summed E-state index contributed by atoms with van der Waals surface area (Å²) in [5.41, 5.74) is 15.4. The first-order valence-corrected chi connectivity index (χ1v) is 17.3. The van der Waals surface area contributed by atoms with E-state index >= 15 is 0 Å². The largest absolute Gasteiger partial charge is 0.456 e. The van der Waals surface area contributed by atoms with Crippen molar-refractivity contribution >= 4 is 56.3 Å². The Bertz CT molecular complexity index is 2470. The second-order valence-corrected chi connectivity index (χ2v) is 12.0. The summed E-state index contributed by atoms with van der Waals surface area (Å²) in [5.74, 6) is 0. The molecule has 0 saturated carbocycles. The highest BCUT2D eigenvalue weighted by atomic mass is 16.3. The van der Waals surface area contributed by atoms with Crippen LogP contribution in [0.25, 0.3) is 61.7 Å². The summed E-state index contributed by atoms with van der Waals surface area (Å²) >= 11 is 0. The van der Waals surface area contributed by atoms with E-state index in [1.807, 2.05) is 68.5 Å². The molecule has 50 heavy (non-hydrogen) atoms. The molecule has 7 aromatic rings. The zero-order chi connectivity index (χ0) is 35.0. The van der Waals surface area contributed by atoms with E-state index in [0.29, 0.717) is 0 Å². The monoisotopic (exact) mass is 652 g/mol. The molecule has 0 radical (unpaired) electrons. The van der Waals surface area contributed by atoms with Gasteiger partial charge in [-0.3, -0.25) is 0 Å². The number of hydrogen-bond acceptors (Lipinski definition) is 2. The van der Waals surface area contributed by atoms with E-state index in [-0.39, 0.29) is 6.04 Å². The molecule has 8 rings (SSSR count). The van der Waals surface area contributed by atoms with Crippen LogP contribution in [0.5, 0.6) is 0 Å². The molecule has 3 nitrogen and oxygen atoms in total. The summed E-state index contributed by atoms with van der Waals surface area (Å²) in [6.07, 6.45) is 14.6. The second-order valence-electron chi connectivity index (χ2n) is 12.0. The summed E-state index contributed by atoms with van der Waals surface area (Å²) in [6.45, 7) is 16.0. The van der Waals surface area contributed by atoms with E-state index in [0.717, 1.165) is 51.6 Å². The van der Waals surface area contributed by atoms with E-state index in [4.69, 9.17) is 10.2 Å². The lowest BCUT2D eigenvalue weighted by molar-refractivity contribution is 0.669. The number of fused-ring (bicyclic) bond motifs is 6. The first kappa shape index (κ1) is 33.8. The molecule has 1 aliphatic carbocycles. The number of hydrogen-bond donors (Lipinski definition) is 1. The maximum atomic E-state index is 5.73. The zero-order valence-electron chi connectivity index (χ0n) is 29.0. The van der Waals surface area contributed by atoms with Gasteiger partial charge in [0.1, 0.15) is 11.2 Å². The van der Waals surface area contributed by atoms with Crippen LogP contribution in [0.1, 0.15) is 43.9 Å². The van der Waals surface area contributed by atoms with Crippen molar-refractivity contribution in [3.8, 4) is 11.1 Å². The molecule has 2 aromatic heterocycles. The Morgan fingerprint density at radius 2 is 1.46 bits per heavy atom. The van der Waals surface area contributed by atoms with Crippen LogP contribution in [0.15, 0.2) is 164 Å². The fourth-order valence-corrected chi connectivity index (χ4v) is 6.78. The predicted octanol–water partition coefficient (Wildman–Crippen LogP) is 11.4. The van der Waals surface area contributed by atoms with Gasteiger partial charge in [-0.05, 0) is 77.1 Å². The van der Waals surface area contributed by atoms with Crippen molar-refractivity contribution in [2.75, 3.05) is 5.73 Å². The molecule has 248 valence electrons. The standard InChI is InChI=1S/C33H29N.C12H9NO.C2H6/c1-4-13-24(5-2)26-16-12-17-27(22-26)28-20-21-30-29-18-10-11-19-32(29)34(33(30)23-28)31(6-3)25-14-8-7-9-15-25;13-8-5-6-12-10(7-8)9-3-1-2-4-11(9)14-12;1-2/h4-9,12-23,31H,1-3,10-11H2;1-7H,13H2;1-2H3/b24-13+;;. The van der Waals surface area contributed by atoms with Crippen LogP contribution in [0.4, 0.5) is 5.69 Å². The number of nitrogen functional groups attached to an aromatic ring is 1. The molecule has 1 unspecified atom stereocenters. The molecule has 0 aliphatic heterocycles. The number of aromatic nitrogens is 1. The van der Waals surface area contributed by atoms with Crippen molar-refractivity contribution in [1.82, 2.24) is 4.57 Å². The van der Waals surface area contributed by atoms with Crippen LogP contribution in [0.2, 0.25) is 0 Å². The molecule has 0 saturated heterocycles. The van der Waals surface area contributed by atoms with Crippen LogP contribution in [0, 0.1) is 0 Å². The molecule has 3 heteroatoms. The fourth-order valence-electron chi connectivity index (χ4n) is 6.78. The van der Waals surface area contributed by atoms with Crippen molar-refractivity contribution in [2.24, 2.45) is 0 Å². The number of anilines is 1. The third-order valence-electron chi connectivity index (χ3n) is 9.03. The number of benzene rings is 5. The lowest BCUT2D eigenvalue weighted by Gasteiger charge is -2.18. The van der Waals surface area contributed by atoms with E-state index in [1.165, 1.54) is 38.2 Å². The van der Waals surface area contributed by atoms with Crippen molar-refractivity contribution in [3.63, 3.8) is 0 Å². The Labute approximate surface area is 295 Å². The molecule has 0 fully saturated rings. The van der Waals surface area contributed by atoms with Crippen molar-refractivity contribution < 1.29 is 4.42 Å². The van der Waals surface area contributed by atoms with E-state index in [9.17, 15) is 0 Å². The number of allylic oxidation sites excluding steroid dienone is 5. The van der Waals surface area contributed by atoms with Gasteiger partial charge in [-0.15, -0.1) is 6.58 Å². The van der Waals surface area contributed by atoms with Gasteiger partial charge in [-0.25, -0.2) is 0 Å². The Balaban J connectivity index is 0.000000223. The second kappa shape index (κ2) is 15.4. The minimum atomic E-state index is 0.0691. The van der Waals surface area contributed by atoms with Crippen molar-refractivity contribution in [1.29, 1.82) is 0 Å².